The number of carbonyl (C=O) groups excluding carboxylic acids is 2. The van der Waals surface area contributed by atoms with Crippen LogP contribution in [0.4, 0.5) is 0 Å². The second kappa shape index (κ2) is 7.83. The SMILES string of the molecule is CC(NC(=O)CN(C)CC(=O)N1CCNCC1)C1CC2CCC1C2. The van der Waals surface area contributed by atoms with E-state index in [0.29, 0.717) is 19.0 Å². The number of nitrogens with one attached hydrogen (secondary N) is 2. The van der Waals surface area contributed by atoms with Gasteiger partial charge in [-0.05, 0) is 51.0 Å². The van der Waals surface area contributed by atoms with E-state index in [1.54, 1.807) is 0 Å². The number of fused-ring (bicyclic) bond motifs is 2. The summed E-state index contributed by atoms with van der Waals surface area (Å²) in [4.78, 5) is 28.2. The maximum absolute atomic E-state index is 12.3. The minimum absolute atomic E-state index is 0.0425. The van der Waals surface area contributed by atoms with Gasteiger partial charge in [-0.15, -0.1) is 0 Å². The van der Waals surface area contributed by atoms with Gasteiger partial charge < -0.3 is 15.5 Å². The lowest BCUT2D eigenvalue weighted by Crippen LogP contribution is -2.50. The van der Waals surface area contributed by atoms with Crippen LogP contribution in [-0.2, 0) is 9.59 Å². The van der Waals surface area contributed by atoms with Crippen LogP contribution >= 0.6 is 0 Å². The number of piperazine rings is 1. The monoisotopic (exact) mass is 336 g/mol. The molecule has 3 fully saturated rings. The molecule has 3 rings (SSSR count). The summed E-state index contributed by atoms with van der Waals surface area (Å²) in [6.07, 6.45) is 5.38. The van der Waals surface area contributed by atoms with Gasteiger partial charge in [0.15, 0.2) is 0 Å². The van der Waals surface area contributed by atoms with Gasteiger partial charge in [-0.25, -0.2) is 0 Å². The van der Waals surface area contributed by atoms with Crippen LogP contribution in [0, 0.1) is 17.8 Å². The third kappa shape index (κ3) is 4.28. The van der Waals surface area contributed by atoms with Crippen LogP contribution in [0.2, 0.25) is 0 Å². The Balaban J connectivity index is 1.38. The molecule has 1 saturated heterocycles. The standard InChI is InChI=1S/C18H32N4O2/c1-13(16-10-14-3-4-15(16)9-14)20-17(23)11-21(2)12-18(24)22-7-5-19-6-8-22/h13-16,19H,3-12H2,1-2H3,(H,20,23). The van der Waals surface area contributed by atoms with Crippen molar-refractivity contribution in [1.29, 1.82) is 0 Å². The van der Waals surface area contributed by atoms with E-state index in [1.165, 1.54) is 25.7 Å². The average Bonchev–Trinajstić information content (AvgIpc) is 3.18. The Hall–Kier alpha value is -1.14. The number of rotatable bonds is 6. The fourth-order valence-corrected chi connectivity index (χ4v) is 4.86. The molecule has 0 aromatic carbocycles. The fourth-order valence-electron chi connectivity index (χ4n) is 4.86. The topological polar surface area (TPSA) is 64.7 Å². The maximum Gasteiger partial charge on any atom is 0.236 e. The van der Waals surface area contributed by atoms with Crippen LogP contribution in [0.25, 0.3) is 0 Å². The molecule has 3 aliphatic rings. The van der Waals surface area contributed by atoms with Crippen molar-refractivity contribution < 1.29 is 9.59 Å². The second-order valence-corrected chi connectivity index (χ2v) is 8.00. The lowest BCUT2D eigenvalue weighted by molar-refractivity contribution is -0.133. The molecule has 6 heteroatoms. The van der Waals surface area contributed by atoms with Gasteiger partial charge in [0, 0.05) is 32.2 Å². The van der Waals surface area contributed by atoms with Gasteiger partial charge in [-0.1, -0.05) is 6.42 Å². The van der Waals surface area contributed by atoms with Crippen molar-refractivity contribution >= 4 is 11.8 Å². The minimum atomic E-state index is 0.0425. The summed E-state index contributed by atoms with van der Waals surface area (Å²) in [5.74, 6) is 2.53. The Morgan fingerprint density at radius 2 is 1.96 bits per heavy atom. The van der Waals surface area contributed by atoms with Crippen LogP contribution in [0.15, 0.2) is 0 Å². The second-order valence-electron chi connectivity index (χ2n) is 8.00. The van der Waals surface area contributed by atoms with E-state index in [-0.39, 0.29) is 17.9 Å². The number of likely N-dealkylation sites (N-methyl/N-ethyl adjacent to an activating group) is 1. The molecule has 0 aromatic rings. The summed E-state index contributed by atoms with van der Waals surface area (Å²) < 4.78 is 0. The van der Waals surface area contributed by atoms with Gasteiger partial charge in [0.2, 0.25) is 11.8 Å². The molecule has 2 aliphatic carbocycles. The van der Waals surface area contributed by atoms with Gasteiger partial charge in [0.1, 0.15) is 0 Å². The Labute approximate surface area is 145 Å². The minimum Gasteiger partial charge on any atom is -0.352 e. The van der Waals surface area contributed by atoms with E-state index in [0.717, 1.165) is 38.0 Å². The molecule has 0 aromatic heterocycles. The van der Waals surface area contributed by atoms with Crippen molar-refractivity contribution in [1.82, 2.24) is 20.4 Å². The van der Waals surface area contributed by atoms with E-state index in [9.17, 15) is 9.59 Å². The first kappa shape index (κ1) is 17.7. The predicted octanol–water partition coefficient (Wildman–Crippen LogP) is 0.291. The van der Waals surface area contributed by atoms with Crippen molar-refractivity contribution in [2.75, 3.05) is 46.3 Å². The molecule has 2 amide bonds. The first-order valence-electron chi connectivity index (χ1n) is 9.49. The summed E-state index contributed by atoms with van der Waals surface area (Å²) in [6, 6.07) is 0.255. The van der Waals surface area contributed by atoms with Crippen molar-refractivity contribution in [3.63, 3.8) is 0 Å². The van der Waals surface area contributed by atoms with Gasteiger partial charge in [0.05, 0.1) is 13.1 Å². The summed E-state index contributed by atoms with van der Waals surface area (Å²) in [5, 5.41) is 6.42. The molecule has 136 valence electrons. The number of hydrogen-bond donors (Lipinski definition) is 2. The molecule has 0 spiro atoms. The van der Waals surface area contributed by atoms with Crippen LogP contribution in [0.1, 0.15) is 32.6 Å². The van der Waals surface area contributed by atoms with Gasteiger partial charge >= 0.3 is 0 Å². The van der Waals surface area contributed by atoms with Crippen LogP contribution < -0.4 is 10.6 Å². The third-order valence-corrected chi connectivity index (χ3v) is 6.11. The Morgan fingerprint density at radius 3 is 2.58 bits per heavy atom. The molecular formula is C18H32N4O2. The van der Waals surface area contributed by atoms with Crippen molar-refractivity contribution in [2.45, 2.75) is 38.6 Å². The third-order valence-electron chi connectivity index (χ3n) is 6.11. The average molecular weight is 336 g/mol. The zero-order valence-corrected chi connectivity index (χ0v) is 15.1. The van der Waals surface area contributed by atoms with E-state index in [2.05, 4.69) is 17.6 Å². The fraction of sp³-hybridized carbons (Fsp3) is 0.889. The first-order valence-corrected chi connectivity index (χ1v) is 9.49. The maximum atomic E-state index is 12.3. The number of amides is 2. The number of nitrogens with zero attached hydrogens (tertiary/aromatic N) is 2. The summed E-state index contributed by atoms with van der Waals surface area (Å²) in [6.45, 7) is 6.00. The van der Waals surface area contributed by atoms with Gasteiger partial charge in [0.25, 0.3) is 0 Å². The largest absolute Gasteiger partial charge is 0.352 e. The molecule has 4 atom stereocenters. The molecule has 1 aliphatic heterocycles. The first-order chi connectivity index (χ1) is 11.5. The molecule has 2 saturated carbocycles. The summed E-state index contributed by atoms with van der Waals surface area (Å²) >= 11 is 0. The molecule has 2 bridgehead atoms. The van der Waals surface area contributed by atoms with E-state index >= 15 is 0 Å². The Bertz CT molecular complexity index is 464. The molecule has 24 heavy (non-hydrogen) atoms. The highest BCUT2D eigenvalue weighted by Crippen LogP contribution is 2.49. The molecule has 6 nitrogen and oxygen atoms in total. The van der Waals surface area contributed by atoms with Crippen molar-refractivity contribution in [3.8, 4) is 0 Å². The number of carbonyl (C=O) groups is 2. The quantitative estimate of drug-likeness (QED) is 0.732. The zero-order valence-electron chi connectivity index (χ0n) is 15.1. The summed E-state index contributed by atoms with van der Waals surface area (Å²) in [7, 11) is 1.85. The predicted molar refractivity (Wildman–Crippen MR) is 93.5 cm³/mol. The Kier molecular flexibility index (Phi) is 5.76. The Morgan fingerprint density at radius 1 is 1.21 bits per heavy atom. The number of hydrogen-bond acceptors (Lipinski definition) is 4. The van der Waals surface area contributed by atoms with Crippen molar-refractivity contribution in [2.24, 2.45) is 17.8 Å². The van der Waals surface area contributed by atoms with Gasteiger partial charge in [-0.3, -0.25) is 14.5 Å². The van der Waals surface area contributed by atoms with Crippen LogP contribution in [0.3, 0.4) is 0 Å². The molecule has 4 unspecified atom stereocenters. The molecule has 0 radical (unpaired) electrons. The van der Waals surface area contributed by atoms with E-state index in [1.807, 2.05) is 16.8 Å². The summed E-state index contributed by atoms with van der Waals surface area (Å²) in [5.41, 5.74) is 0. The zero-order chi connectivity index (χ0) is 17.1. The molecular weight excluding hydrogens is 304 g/mol. The lowest BCUT2D eigenvalue weighted by Gasteiger charge is -2.30. The van der Waals surface area contributed by atoms with Crippen LogP contribution in [0.5, 0.6) is 0 Å². The van der Waals surface area contributed by atoms with E-state index < -0.39 is 0 Å². The highest BCUT2D eigenvalue weighted by atomic mass is 16.2. The highest BCUT2D eigenvalue weighted by Gasteiger charge is 2.42. The van der Waals surface area contributed by atoms with Crippen LogP contribution in [-0.4, -0.2) is 74.0 Å². The highest BCUT2D eigenvalue weighted by molar-refractivity contribution is 5.81. The van der Waals surface area contributed by atoms with E-state index in [4.69, 9.17) is 0 Å². The lowest BCUT2D eigenvalue weighted by atomic mass is 9.84. The normalized spacial score (nSPS) is 30.6. The van der Waals surface area contributed by atoms with Gasteiger partial charge in [-0.2, -0.15) is 0 Å². The van der Waals surface area contributed by atoms with Crippen molar-refractivity contribution in [3.05, 3.63) is 0 Å². The smallest absolute Gasteiger partial charge is 0.236 e. The molecule has 1 heterocycles. The molecule has 2 N–H and O–H groups in total.